The normalized spacial score (nSPS) is 10.8. The molecule has 0 spiro atoms. The van der Waals surface area contributed by atoms with Crippen LogP contribution in [0.5, 0.6) is 0 Å². The Hall–Kier alpha value is -3.83. The molecule has 0 saturated carbocycles. The lowest BCUT2D eigenvalue weighted by Gasteiger charge is -2.07. The molecule has 3 aromatic heterocycles. The third-order valence-electron chi connectivity index (χ3n) is 4.31. The summed E-state index contributed by atoms with van der Waals surface area (Å²) in [6.45, 7) is 0.375. The molecule has 10 nitrogen and oxygen atoms in total. The molecule has 0 aliphatic carbocycles. The Labute approximate surface area is 165 Å². The number of aromatic nitrogens is 5. The second-order valence-corrected chi connectivity index (χ2v) is 6.23. The topological polar surface area (TPSA) is 152 Å². The summed E-state index contributed by atoms with van der Waals surface area (Å²) in [5, 5.41) is 21.6. The van der Waals surface area contributed by atoms with E-state index in [2.05, 4.69) is 25.3 Å². The van der Waals surface area contributed by atoms with Crippen molar-refractivity contribution in [3.8, 4) is 11.5 Å². The number of rotatable bonds is 6. The number of imidazole rings is 1. The zero-order chi connectivity index (χ0) is 20.4. The van der Waals surface area contributed by atoms with E-state index < -0.39 is 13.0 Å². The molecule has 0 atom stereocenters. The van der Waals surface area contributed by atoms with Crippen LogP contribution in [0.3, 0.4) is 0 Å². The second-order valence-electron chi connectivity index (χ2n) is 6.23. The van der Waals surface area contributed by atoms with Crippen molar-refractivity contribution in [1.82, 2.24) is 24.3 Å². The van der Waals surface area contributed by atoms with Crippen molar-refractivity contribution in [2.75, 3.05) is 5.32 Å². The molecule has 1 aromatic carbocycles. The first-order chi connectivity index (χ1) is 14.0. The van der Waals surface area contributed by atoms with E-state index in [0.717, 1.165) is 5.56 Å². The van der Waals surface area contributed by atoms with E-state index in [1.807, 2.05) is 6.07 Å². The largest absolute Gasteiger partial charge is 0.488 e. The van der Waals surface area contributed by atoms with Gasteiger partial charge in [0.05, 0.1) is 5.52 Å². The first-order valence-corrected chi connectivity index (χ1v) is 8.67. The molecule has 0 fully saturated rings. The van der Waals surface area contributed by atoms with Crippen LogP contribution in [0.2, 0.25) is 0 Å². The number of hydrogen-bond donors (Lipinski definition) is 4. The number of hydrogen-bond acceptors (Lipinski definition) is 8. The van der Waals surface area contributed by atoms with Crippen LogP contribution in [0.15, 0.2) is 55.1 Å². The number of anilines is 1. The standard InChI is InChI=1S/C18H16BN7O3/c20-16(27)14-6-2-5-13-15(24-10-26(13)14)17-22-9-23-18(25-17)21-8-11-3-1-4-12(7-11)19(28)29/h1-7,9-10,28-29H,8H2,(H2,20,27)(H,21,22,23,25). The first-order valence-electron chi connectivity index (χ1n) is 8.67. The van der Waals surface area contributed by atoms with Crippen LogP contribution in [-0.4, -0.2) is 47.4 Å². The van der Waals surface area contributed by atoms with Crippen LogP contribution in [0.4, 0.5) is 5.95 Å². The first kappa shape index (κ1) is 18.5. The number of pyridine rings is 1. The van der Waals surface area contributed by atoms with Gasteiger partial charge in [0.25, 0.3) is 5.91 Å². The highest BCUT2D eigenvalue weighted by Crippen LogP contribution is 2.21. The van der Waals surface area contributed by atoms with Crippen molar-refractivity contribution in [2.45, 2.75) is 6.54 Å². The molecule has 0 aliphatic rings. The molecule has 4 aromatic rings. The maximum atomic E-state index is 11.6. The number of fused-ring (bicyclic) bond motifs is 1. The predicted octanol–water partition coefficient (Wildman–Crippen LogP) is -0.423. The van der Waals surface area contributed by atoms with Gasteiger partial charge < -0.3 is 21.1 Å². The minimum Gasteiger partial charge on any atom is -0.423 e. The third kappa shape index (κ3) is 3.77. The summed E-state index contributed by atoms with van der Waals surface area (Å²) in [7, 11) is -1.53. The van der Waals surface area contributed by atoms with Gasteiger partial charge in [0.1, 0.15) is 24.0 Å². The Bertz CT molecular complexity index is 1200. The van der Waals surface area contributed by atoms with E-state index in [1.165, 1.54) is 12.7 Å². The van der Waals surface area contributed by atoms with Crippen molar-refractivity contribution < 1.29 is 14.8 Å². The summed E-state index contributed by atoms with van der Waals surface area (Å²) < 4.78 is 1.58. The average Bonchev–Trinajstić information content (AvgIpc) is 3.17. The maximum Gasteiger partial charge on any atom is 0.488 e. The van der Waals surface area contributed by atoms with E-state index in [-0.39, 0.29) is 0 Å². The molecule has 0 aliphatic heterocycles. The highest BCUT2D eigenvalue weighted by molar-refractivity contribution is 6.58. The van der Waals surface area contributed by atoms with Crippen LogP contribution in [0, 0.1) is 0 Å². The molecule has 1 amide bonds. The number of nitrogens with one attached hydrogen (secondary N) is 1. The molecule has 29 heavy (non-hydrogen) atoms. The fraction of sp³-hybridized carbons (Fsp3) is 0.0556. The number of carbonyl (C=O) groups excluding carboxylic acids is 1. The molecule has 0 bridgehead atoms. The SMILES string of the molecule is NC(=O)c1cccc2c(-c3ncnc(NCc4cccc(B(O)O)c4)n3)ncn12. The minimum absolute atomic E-state index is 0.305. The van der Waals surface area contributed by atoms with Gasteiger partial charge in [-0.1, -0.05) is 30.3 Å². The lowest BCUT2D eigenvalue weighted by Crippen LogP contribution is -2.30. The number of amides is 1. The van der Waals surface area contributed by atoms with Gasteiger partial charge in [-0.25, -0.2) is 15.0 Å². The van der Waals surface area contributed by atoms with Gasteiger partial charge >= 0.3 is 7.12 Å². The quantitative estimate of drug-likeness (QED) is 0.325. The molecule has 5 N–H and O–H groups in total. The molecule has 144 valence electrons. The molecular weight excluding hydrogens is 373 g/mol. The van der Waals surface area contributed by atoms with Crippen LogP contribution in [0.25, 0.3) is 17.0 Å². The van der Waals surface area contributed by atoms with Gasteiger partial charge in [-0.05, 0) is 23.2 Å². The summed E-state index contributed by atoms with van der Waals surface area (Å²) in [5.41, 5.74) is 8.07. The van der Waals surface area contributed by atoms with Crippen LogP contribution < -0.4 is 16.5 Å². The number of carbonyl (C=O) groups is 1. The van der Waals surface area contributed by atoms with E-state index in [4.69, 9.17) is 5.73 Å². The number of nitrogens with zero attached hydrogens (tertiary/aromatic N) is 5. The van der Waals surface area contributed by atoms with Gasteiger partial charge in [-0.3, -0.25) is 9.20 Å². The molecular formula is C18H16BN7O3. The zero-order valence-electron chi connectivity index (χ0n) is 15.1. The average molecular weight is 389 g/mol. The van der Waals surface area contributed by atoms with Gasteiger partial charge in [0.2, 0.25) is 5.95 Å². The highest BCUT2D eigenvalue weighted by Gasteiger charge is 2.15. The summed E-state index contributed by atoms with van der Waals surface area (Å²) >= 11 is 0. The van der Waals surface area contributed by atoms with Gasteiger partial charge in [-0.2, -0.15) is 4.98 Å². The zero-order valence-corrected chi connectivity index (χ0v) is 15.1. The Morgan fingerprint density at radius 2 is 1.97 bits per heavy atom. The van der Waals surface area contributed by atoms with Crippen molar-refractivity contribution in [2.24, 2.45) is 5.73 Å². The Kier molecular flexibility index (Phi) is 4.89. The van der Waals surface area contributed by atoms with Crippen molar-refractivity contribution in [3.05, 3.63) is 66.4 Å². The lowest BCUT2D eigenvalue weighted by molar-refractivity contribution is 0.0994. The summed E-state index contributed by atoms with van der Waals surface area (Å²) in [6, 6.07) is 12.0. The lowest BCUT2D eigenvalue weighted by atomic mass is 9.80. The molecule has 11 heteroatoms. The van der Waals surface area contributed by atoms with Crippen LogP contribution >= 0.6 is 0 Å². The minimum atomic E-state index is -1.53. The van der Waals surface area contributed by atoms with Gasteiger partial charge in [-0.15, -0.1) is 0 Å². The molecule has 4 rings (SSSR count). The smallest absolute Gasteiger partial charge is 0.423 e. The van der Waals surface area contributed by atoms with Crippen molar-refractivity contribution >= 4 is 30.0 Å². The Balaban J connectivity index is 1.60. The predicted molar refractivity (Wildman–Crippen MR) is 106 cm³/mol. The summed E-state index contributed by atoms with van der Waals surface area (Å²) in [5.74, 6) is 0.107. The van der Waals surface area contributed by atoms with E-state index in [0.29, 0.717) is 40.7 Å². The van der Waals surface area contributed by atoms with Crippen molar-refractivity contribution in [3.63, 3.8) is 0 Å². The number of nitrogens with two attached hydrogens (primary N) is 1. The van der Waals surface area contributed by atoms with E-state index >= 15 is 0 Å². The van der Waals surface area contributed by atoms with Gasteiger partial charge in [0, 0.05) is 6.54 Å². The number of benzene rings is 1. The molecule has 3 heterocycles. The highest BCUT2D eigenvalue weighted by atomic mass is 16.4. The van der Waals surface area contributed by atoms with E-state index in [9.17, 15) is 14.8 Å². The van der Waals surface area contributed by atoms with E-state index in [1.54, 1.807) is 40.8 Å². The monoisotopic (exact) mass is 389 g/mol. The summed E-state index contributed by atoms with van der Waals surface area (Å²) in [6.07, 6.45) is 2.86. The summed E-state index contributed by atoms with van der Waals surface area (Å²) in [4.78, 5) is 28.6. The molecule has 0 saturated heterocycles. The third-order valence-corrected chi connectivity index (χ3v) is 4.31. The Morgan fingerprint density at radius 3 is 2.76 bits per heavy atom. The number of primary amides is 1. The van der Waals surface area contributed by atoms with Gasteiger partial charge in [0.15, 0.2) is 5.82 Å². The van der Waals surface area contributed by atoms with Crippen LogP contribution in [-0.2, 0) is 6.54 Å². The molecule has 0 unspecified atom stereocenters. The van der Waals surface area contributed by atoms with Crippen molar-refractivity contribution in [1.29, 1.82) is 0 Å². The van der Waals surface area contributed by atoms with Crippen LogP contribution in [0.1, 0.15) is 16.1 Å². The second kappa shape index (κ2) is 7.66. The maximum absolute atomic E-state index is 11.6. The Morgan fingerprint density at radius 1 is 1.14 bits per heavy atom. The fourth-order valence-corrected chi connectivity index (χ4v) is 2.93. The fourth-order valence-electron chi connectivity index (χ4n) is 2.93. The molecule has 0 radical (unpaired) electrons.